The van der Waals surface area contributed by atoms with Crippen molar-refractivity contribution in [2.24, 2.45) is 0 Å². The highest BCUT2D eigenvalue weighted by Gasteiger charge is 2.52. The van der Waals surface area contributed by atoms with Crippen LogP contribution in [0, 0.1) is 0 Å². The van der Waals surface area contributed by atoms with Gasteiger partial charge in [0, 0.05) is 0 Å². The van der Waals surface area contributed by atoms with Gasteiger partial charge in [-0.15, -0.1) is 0 Å². The molecular weight excluding hydrogens is 284 g/mol. The lowest BCUT2D eigenvalue weighted by atomic mass is 10.6. The molecule has 0 bridgehead atoms. The average molecular weight is 311 g/mol. The van der Waals surface area contributed by atoms with Crippen molar-refractivity contribution >= 4 is 37.4 Å². The Balaban J connectivity index is 2.61. The molecule has 0 saturated carbocycles. The second kappa shape index (κ2) is 5.48. The maximum Gasteiger partial charge on any atom is 0.318 e. The number of hydrogen-bond donors (Lipinski definition) is 0. The zero-order chi connectivity index (χ0) is 13.3. The van der Waals surface area contributed by atoms with Crippen LogP contribution >= 0.6 is 11.8 Å². The van der Waals surface area contributed by atoms with E-state index >= 15 is 0 Å². The molecule has 1 rings (SSSR count). The van der Waals surface area contributed by atoms with E-state index in [1.807, 2.05) is 11.8 Å². The van der Waals surface area contributed by atoms with Gasteiger partial charge in [0.2, 0.25) is 0 Å². The van der Waals surface area contributed by atoms with E-state index < -0.39 is 25.7 Å². The van der Waals surface area contributed by atoms with E-state index in [0.717, 1.165) is 11.8 Å². The quantitative estimate of drug-likeness (QED) is 0.741. The molecule has 0 radical (unpaired) electrons. The monoisotopic (exact) mass is 310 g/mol. The van der Waals surface area contributed by atoms with Crippen molar-refractivity contribution < 1.29 is 12.3 Å². The first-order valence-corrected chi connectivity index (χ1v) is 15.5. The van der Waals surface area contributed by atoms with Gasteiger partial charge in [-0.05, 0) is 49.8 Å². The molecule has 0 amide bonds. The summed E-state index contributed by atoms with van der Waals surface area (Å²) in [6.45, 7) is 15.3. The van der Waals surface area contributed by atoms with Crippen LogP contribution in [0.1, 0.15) is 13.8 Å². The third-order valence-corrected chi connectivity index (χ3v) is 16.4. The van der Waals surface area contributed by atoms with Crippen LogP contribution < -0.4 is 0 Å². The summed E-state index contributed by atoms with van der Waals surface area (Å²) in [5.41, 5.74) is 0. The molecule has 0 spiro atoms. The zero-order valence-corrected chi connectivity index (χ0v) is 15.9. The zero-order valence-electron chi connectivity index (χ0n) is 12.1. The van der Waals surface area contributed by atoms with Crippen LogP contribution in [0.5, 0.6) is 0 Å². The molecule has 0 atom stereocenters. The van der Waals surface area contributed by atoms with Gasteiger partial charge in [-0.1, -0.05) is 13.8 Å². The van der Waals surface area contributed by atoms with E-state index in [4.69, 9.17) is 12.3 Å². The van der Waals surface area contributed by atoms with Crippen molar-refractivity contribution in [3.63, 3.8) is 0 Å². The first-order valence-electron chi connectivity index (χ1n) is 6.26. The minimum Gasteiger partial charge on any atom is -0.416 e. The number of rotatable bonds is 4. The molecular formula is C10H26O3SSi3. The minimum absolute atomic E-state index is 0.683. The SMILES string of the molecule is CC(C)SCC[Si]1(C)O[Si](C)(C)O[Si](C)(C)O1. The Kier molecular flexibility index (Phi) is 5.13. The van der Waals surface area contributed by atoms with E-state index in [1.165, 1.54) is 0 Å². The van der Waals surface area contributed by atoms with Gasteiger partial charge in [-0.3, -0.25) is 0 Å². The second-order valence-electron chi connectivity index (χ2n) is 5.91. The van der Waals surface area contributed by atoms with Gasteiger partial charge >= 0.3 is 25.7 Å². The predicted octanol–water partition coefficient (Wildman–Crippen LogP) is 3.67. The van der Waals surface area contributed by atoms with E-state index in [0.29, 0.717) is 5.25 Å². The van der Waals surface area contributed by atoms with Crippen LogP contribution in [0.2, 0.25) is 38.8 Å². The summed E-state index contributed by atoms with van der Waals surface area (Å²) in [6.07, 6.45) is 0. The molecule has 0 aromatic rings. The lowest BCUT2D eigenvalue weighted by molar-refractivity contribution is 0.233. The first kappa shape index (κ1) is 15.9. The fraction of sp³-hybridized carbons (Fsp3) is 1.00. The highest BCUT2D eigenvalue weighted by molar-refractivity contribution is 7.99. The Bertz CT molecular complexity index is 256. The summed E-state index contributed by atoms with van der Waals surface area (Å²) >= 11 is 1.99. The van der Waals surface area contributed by atoms with E-state index in [2.05, 4.69) is 46.6 Å². The molecule has 1 aliphatic heterocycles. The topological polar surface area (TPSA) is 27.7 Å². The summed E-state index contributed by atoms with van der Waals surface area (Å²) < 4.78 is 18.5. The molecule has 1 aliphatic rings. The third kappa shape index (κ3) is 5.58. The van der Waals surface area contributed by atoms with Crippen molar-refractivity contribution in [1.82, 2.24) is 0 Å². The molecule has 17 heavy (non-hydrogen) atoms. The standard InChI is InChI=1S/C10H26O3SSi3/c1-10(2)14-8-9-17(7)12-15(3,4)11-16(5,6)13-17/h10H,8-9H2,1-7H3. The van der Waals surface area contributed by atoms with Crippen LogP contribution in [-0.2, 0) is 12.3 Å². The van der Waals surface area contributed by atoms with Crippen molar-refractivity contribution in [2.75, 3.05) is 5.75 Å². The summed E-state index contributed by atoms with van der Waals surface area (Å²) in [6, 6.07) is 1.08. The van der Waals surface area contributed by atoms with Crippen molar-refractivity contribution in [1.29, 1.82) is 0 Å². The molecule has 1 fully saturated rings. The van der Waals surface area contributed by atoms with Crippen LogP contribution in [0.15, 0.2) is 0 Å². The molecule has 0 aliphatic carbocycles. The molecule has 0 unspecified atom stereocenters. The fourth-order valence-corrected chi connectivity index (χ4v) is 20.2. The van der Waals surface area contributed by atoms with Gasteiger partial charge in [-0.25, -0.2) is 0 Å². The van der Waals surface area contributed by atoms with Gasteiger partial charge < -0.3 is 12.3 Å². The smallest absolute Gasteiger partial charge is 0.318 e. The highest BCUT2D eigenvalue weighted by atomic mass is 32.2. The maximum absolute atomic E-state index is 6.23. The highest BCUT2D eigenvalue weighted by Crippen LogP contribution is 2.33. The summed E-state index contributed by atoms with van der Waals surface area (Å²) in [5, 5.41) is 0.683. The van der Waals surface area contributed by atoms with E-state index in [1.54, 1.807) is 0 Å². The molecule has 0 N–H and O–H groups in total. The van der Waals surface area contributed by atoms with Crippen LogP contribution in [0.25, 0.3) is 0 Å². The van der Waals surface area contributed by atoms with Crippen molar-refractivity contribution in [3.05, 3.63) is 0 Å². The van der Waals surface area contributed by atoms with E-state index in [9.17, 15) is 0 Å². The van der Waals surface area contributed by atoms with Crippen molar-refractivity contribution in [3.8, 4) is 0 Å². The molecule has 102 valence electrons. The molecule has 7 heteroatoms. The van der Waals surface area contributed by atoms with Gasteiger partial charge in [0.05, 0.1) is 0 Å². The predicted molar refractivity (Wildman–Crippen MR) is 82.2 cm³/mol. The summed E-state index contributed by atoms with van der Waals surface area (Å²) in [5.74, 6) is 1.13. The lowest BCUT2D eigenvalue weighted by Crippen LogP contribution is -2.65. The Morgan fingerprint density at radius 3 is 1.76 bits per heavy atom. The van der Waals surface area contributed by atoms with Gasteiger partial charge in [-0.2, -0.15) is 11.8 Å². The molecule has 1 saturated heterocycles. The van der Waals surface area contributed by atoms with Crippen LogP contribution in [0.4, 0.5) is 0 Å². The van der Waals surface area contributed by atoms with Gasteiger partial charge in [0.1, 0.15) is 0 Å². The second-order valence-corrected chi connectivity index (χ2v) is 18.4. The van der Waals surface area contributed by atoms with Crippen LogP contribution in [-0.4, -0.2) is 36.7 Å². The molecule has 0 aromatic heterocycles. The molecule has 0 aromatic carbocycles. The lowest BCUT2D eigenvalue weighted by Gasteiger charge is -2.47. The first-order chi connectivity index (χ1) is 7.54. The molecule has 3 nitrogen and oxygen atoms in total. The Morgan fingerprint density at radius 2 is 1.35 bits per heavy atom. The Hall–Kier alpha value is 0.881. The van der Waals surface area contributed by atoms with E-state index in [-0.39, 0.29) is 0 Å². The summed E-state index contributed by atoms with van der Waals surface area (Å²) in [4.78, 5) is 0. The normalized spacial score (nSPS) is 26.1. The average Bonchev–Trinajstić information content (AvgIpc) is 1.93. The fourth-order valence-electron chi connectivity index (χ4n) is 2.28. The van der Waals surface area contributed by atoms with Gasteiger partial charge in [0.15, 0.2) is 0 Å². The largest absolute Gasteiger partial charge is 0.416 e. The Morgan fingerprint density at radius 1 is 0.882 bits per heavy atom. The summed E-state index contributed by atoms with van der Waals surface area (Å²) in [7, 11) is -5.90. The number of thioether (sulfide) groups is 1. The van der Waals surface area contributed by atoms with Crippen LogP contribution in [0.3, 0.4) is 0 Å². The minimum atomic E-state index is -2.00. The van der Waals surface area contributed by atoms with Crippen molar-refractivity contribution in [2.45, 2.75) is 57.9 Å². The Labute approximate surface area is 113 Å². The molecule has 1 heterocycles. The maximum atomic E-state index is 6.23. The van der Waals surface area contributed by atoms with Gasteiger partial charge in [0.25, 0.3) is 0 Å². The third-order valence-electron chi connectivity index (χ3n) is 2.42. The number of hydrogen-bond acceptors (Lipinski definition) is 4.